The molecule has 4 heteroatoms. The van der Waals surface area contributed by atoms with Gasteiger partial charge in [-0.1, -0.05) is 34.1 Å². The molecule has 15 heavy (non-hydrogen) atoms. The van der Waals surface area contributed by atoms with E-state index in [1.807, 2.05) is 24.3 Å². The number of amides is 1. The summed E-state index contributed by atoms with van der Waals surface area (Å²) in [4.78, 5) is 11.4. The number of rotatable bonds is 4. The minimum atomic E-state index is -0.506. The van der Waals surface area contributed by atoms with Gasteiger partial charge < -0.3 is 10.4 Å². The molecule has 1 aromatic rings. The number of nitrogens with one attached hydrogen (secondary N) is 1. The van der Waals surface area contributed by atoms with Crippen LogP contribution < -0.4 is 5.32 Å². The molecule has 0 aromatic heterocycles. The number of hydrogen-bond donors (Lipinski definition) is 2. The van der Waals surface area contributed by atoms with Crippen molar-refractivity contribution in [1.29, 1.82) is 0 Å². The number of halogens is 1. The van der Waals surface area contributed by atoms with Crippen LogP contribution in [-0.4, -0.2) is 23.7 Å². The van der Waals surface area contributed by atoms with Crippen LogP contribution in [0, 0.1) is 0 Å². The Kier molecular flexibility index (Phi) is 4.78. The topological polar surface area (TPSA) is 49.3 Å². The van der Waals surface area contributed by atoms with E-state index in [4.69, 9.17) is 5.11 Å². The second-order valence-corrected chi connectivity index (χ2v) is 4.28. The Morgan fingerprint density at radius 2 is 2.20 bits per heavy atom. The van der Waals surface area contributed by atoms with Crippen LogP contribution >= 0.6 is 15.9 Å². The highest BCUT2D eigenvalue weighted by atomic mass is 79.9. The molecule has 1 amide bonds. The fraction of sp³-hybridized carbons (Fsp3) is 0.364. The van der Waals surface area contributed by atoms with Gasteiger partial charge in [0.05, 0.1) is 12.5 Å². The van der Waals surface area contributed by atoms with Crippen molar-refractivity contribution >= 4 is 21.8 Å². The second kappa shape index (κ2) is 5.88. The highest BCUT2D eigenvalue weighted by Crippen LogP contribution is 2.15. The molecule has 3 nitrogen and oxygen atoms in total. The SMILES string of the molecule is CC(O)CNC(=O)Cc1ccccc1Br. The van der Waals surface area contributed by atoms with Gasteiger partial charge in [0.15, 0.2) is 0 Å². The third kappa shape index (κ3) is 4.44. The van der Waals surface area contributed by atoms with E-state index in [0.717, 1.165) is 10.0 Å². The summed E-state index contributed by atoms with van der Waals surface area (Å²) >= 11 is 3.38. The zero-order valence-electron chi connectivity index (χ0n) is 8.53. The minimum absolute atomic E-state index is 0.0807. The number of benzene rings is 1. The summed E-state index contributed by atoms with van der Waals surface area (Å²) in [6, 6.07) is 7.59. The third-order valence-corrected chi connectivity index (χ3v) is 2.68. The molecule has 1 aromatic carbocycles. The Labute approximate surface area is 97.6 Å². The highest BCUT2D eigenvalue weighted by Gasteiger charge is 2.06. The first-order chi connectivity index (χ1) is 7.09. The highest BCUT2D eigenvalue weighted by molar-refractivity contribution is 9.10. The molecule has 0 aliphatic heterocycles. The smallest absolute Gasteiger partial charge is 0.224 e. The standard InChI is InChI=1S/C11H14BrNO2/c1-8(14)7-13-11(15)6-9-4-2-3-5-10(9)12/h2-5,8,14H,6-7H2,1H3,(H,13,15). The summed E-state index contributed by atoms with van der Waals surface area (Å²) < 4.78 is 0.928. The van der Waals surface area contributed by atoms with Gasteiger partial charge in [-0.25, -0.2) is 0 Å². The van der Waals surface area contributed by atoms with Gasteiger partial charge in [-0.15, -0.1) is 0 Å². The first-order valence-corrected chi connectivity index (χ1v) is 5.57. The van der Waals surface area contributed by atoms with Crippen LogP contribution in [0.25, 0.3) is 0 Å². The molecule has 0 saturated heterocycles. The Balaban J connectivity index is 2.48. The van der Waals surface area contributed by atoms with Gasteiger partial charge in [-0.2, -0.15) is 0 Å². The van der Waals surface area contributed by atoms with Gasteiger partial charge in [0.1, 0.15) is 0 Å². The molecule has 0 heterocycles. The molecule has 0 radical (unpaired) electrons. The molecule has 0 spiro atoms. The Hall–Kier alpha value is -0.870. The maximum Gasteiger partial charge on any atom is 0.224 e. The van der Waals surface area contributed by atoms with Crippen LogP contribution in [0.1, 0.15) is 12.5 Å². The van der Waals surface area contributed by atoms with Crippen molar-refractivity contribution in [2.75, 3.05) is 6.54 Å². The maximum atomic E-state index is 11.4. The lowest BCUT2D eigenvalue weighted by atomic mass is 10.1. The molecule has 82 valence electrons. The quantitative estimate of drug-likeness (QED) is 0.872. The van der Waals surface area contributed by atoms with Crippen molar-refractivity contribution in [1.82, 2.24) is 5.32 Å². The van der Waals surface area contributed by atoms with Crippen molar-refractivity contribution in [3.8, 4) is 0 Å². The van der Waals surface area contributed by atoms with E-state index < -0.39 is 6.10 Å². The summed E-state index contributed by atoms with van der Waals surface area (Å²) in [6.45, 7) is 1.93. The van der Waals surface area contributed by atoms with E-state index >= 15 is 0 Å². The molecule has 2 N–H and O–H groups in total. The van der Waals surface area contributed by atoms with Crippen LogP contribution in [0.4, 0.5) is 0 Å². The van der Waals surface area contributed by atoms with Crippen molar-refractivity contribution < 1.29 is 9.90 Å². The normalized spacial score (nSPS) is 12.2. The molecule has 1 atom stereocenters. The third-order valence-electron chi connectivity index (χ3n) is 1.90. The van der Waals surface area contributed by atoms with Gasteiger partial charge in [-0.3, -0.25) is 4.79 Å². The Bertz CT molecular complexity index is 339. The predicted octanol–water partition coefficient (Wildman–Crippen LogP) is 1.49. The summed E-state index contributed by atoms with van der Waals surface area (Å²) in [7, 11) is 0. The molecule has 0 fully saturated rings. The first kappa shape index (κ1) is 12.2. The van der Waals surface area contributed by atoms with Crippen molar-refractivity contribution in [2.45, 2.75) is 19.4 Å². The molecule has 0 bridgehead atoms. The number of carbonyl (C=O) groups is 1. The lowest BCUT2D eigenvalue weighted by Gasteiger charge is -2.07. The average Bonchev–Trinajstić information content (AvgIpc) is 2.18. The molecular formula is C11H14BrNO2. The molecule has 1 unspecified atom stereocenters. The van der Waals surface area contributed by atoms with Crippen molar-refractivity contribution in [3.63, 3.8) is 0 Å². The molecule has 0 saturated carbocycles. The summed E-state index contributed by atoms with van der Waals surface area (Å²) in [5, 5.41) is 11.6. The number of carbonyl (C=O) groups excluding carboxylic acids is 1. The summed E-state index contributed by atoms with van der Waals surface area (Å²) in [5.74, 6) is -0.0807. The van der Waals surface area contributed by atoms with Gasteiger partial charge in [0.25, 0.3) is 0 Å². The number of aliphatic hydroxyl groups excluding tert-OH is 1. The van der Waals surface area contributed by atoms with Crippen LogP contribution in [0.5, 0.6) is 0 Å². The van der Waals surface area contributed by atoms with E-state index in [1.165, 1.54) is 0 Å². The van der Waals surface area contributed by atoms with E-state index in [9.17, 15) is 4.79 Å². The van der Waals surface area contributed by atoms with Crippen LogP contribution in [-0.2, 0) is 11.2 Å². The van der Waals surface area contributed by atoms with Crippen LogP contribution in [0.3, 0.4) is 0 Å². The zero-order valence-corrected chi connectivity index (χ0v) is 10.1. The van der Waals surface area contributed by atoms with Crippen LogP contribution in [0.2, 0.25) is 0 Å². The van der Waals surface area contributed by atoms with Gasteiger partial charge in [-0.05, 0) is 18.6 Å². The number of aliphatic hydroxyl groups is 1. The van der Waals surface area contributed by atoms with E-state index in [0.29, 0.717) is 13.0 Å². The first-order valence-electron chi connectivity index (χ1n) is 4.77. The lowest BCUT2D eigenvalue weighted by molar-refractivity contribution is -0.120. The van der Waals surface area contributed by atoms with E-state index in [2.05, 4.69) is 21.2 Å². The molecule has 1 rings (SSSR count). The number of hydrogen-bond acceptors (Lipinski definition) is 2. The van der Waals surface area contributed by atoms with E-state index in [1.54, 1.807) is 6.92 Å². The van der Waals surface area contributed by atoms with Gasteiger partial charge in [0, 0.05) is 11.0 Å². The monoisotopic (exact) mass is 271 g/mol. The van der Waals surface area contributed by atoms with Gasteiger partial charge in [0.2, 0.25) is 5.91 Å². The Morgan fingerprint density at radius 1 is 1.53 bits per heavy atom. The summed E-state index contributed by atoms with van der Waals surface area (Å²) in [5.41, 5.74) is 0.945. The fourth-order valence-electron chi connectivity index (χ4n) is 1.14. The van der Waals surface area contributed by atoms with Crippen molar-refractivity contribution in [3.05, 3.63) is 34.3 Å². The fourth-order valence-corrected chi connectivity index (χ4v) is 1.56. The van der Waals surface area contributed by atoms with E-state index in [-0.39, 0.29) is 5.91 Å². The summed E-state index contributed by atoms with van der Waals surface area (Å²) in [6.07, 6.45) is -0.179. The molecular weight excluding hydrogens is 258 g/mol. The average molecular weight is 272 g/mol. The molecule has 0 aliphatic carbocycles. The predicted molar refractivity (Wildman–Crippen MR) is 62.5 cm³/mol. The lowest BCUT2D eigenvalue weighted by Crippen LogP contribution is -2.31. The maximum absolute atomic E-state index is 11.4. The van der Waals surface area contributed by atoms with Gasteiger partial charge >= 0.3 is 0 Å². The second-order valence-electron chi connectivity index (χ2n) is 3.42. The zero-order chi connectivity index (χ0) is 11.3. The largest absolute Gasteiger partial charge is 0.392 e. The minimum Gasteiger partial charge on any atom is -0.392 e. The Morgan fingerprint density at radius 3 is 2.80 bits per heavy atom. The molecule has 0 aliphatic rings. The van der Waals surface area contributed by atoms with Crippen molar-refractivity contribution in [2.24, 2.45) is 0 Å². The van der Waals surface area contributed by atoms with Crippen LogP contribution in [0.15, 0.2) is 28.7 Å².